The molecule has 0 bridgehead atoms. The van der Waals surface area contributed by atoms with Crippen molar-refractivity contribution >= 4 is 17.1 Å². The summed E-state index contributed by atoms with van der Waals surface area (Å²) in [5.74, 6) is 0.484. The lowest BCUT2D eigenvalue weighted by atomic mass is 10.1. The highest BCUT2D eigenvalue weighted by Gasteiger charge is 2.35. The molecule has 1 saturated heterocycles. The number of rotatable bonds is 5. The summed E-state index contributed by atoms with van der Waals surface area (Å²) in [5.41, 5.74) is 1.99. The van der Waals surface area contributed by atoms with E-state index >= 15 is 0 Å². The van der Waals surface area contributed by atoms with E-state index in [-0.39, 0.29) is 17.9 Å². The Labute approximate surface area is 191 Å². The molecule has 0 unspecified atom stereocenters. The van der Waals surface area contributed by atoms with Crippen LogP contribution in [0.1, 0.15) is 36.8 Å². The van der Waals surface area contributed by atoms with Gasteiger partial charge in [-0.2, -0.15) is 4.98 Å². The normalized spacial score (nSPS) is 17.0. The second-order valence-corrected chi connectivity index (χ2v) is 9.26. The van der Waals surface area contributed by atoms with Gasteiger partial charge in [0.2, 0.25) is 5.91 Å². The lowest BCUT2D eigenvalue weighted by Crippen LogP contribution is -2.42. The second-order valence-electron chi connectivity index (χ2n) is 9.26. The fraction of sp³-hybridized carbons (Fsp3) is 0.500. The number of fused-ring (bicyclic) bond motifs is 1. The molecular weight excluding hydrogens is 422 g/mol. The van der Waals surface area contributed by atoms with Crippen LogP contribution in [0.5, 0.6) is 6.01 Å². The van der Waals surface area contributed by atoms with Gasteiger partial charge >= 0.3 is 5.69 Å². The number of piperidine rings is 1. The second kappa shape index (κ2) is 8.20. The molecule has 33 heavy (non-hydrogen) atoms. The minimum Gasteiger partial charge on any atom is -0.461 e. The van der Waals surface area contributed by atoms with Crippen molar-refractivity contribution in [2.24, 2.45) is 20.0 Å². The minimum atomic E-state index is -0.425. The number of ether oxygens (including phenoxy) is 1. The van der Waals surface area contributed by atoms with Crippen LogP contribution < -0.4 is 16.0 Å². The molecule has 0 spiro atoms. The number of aryl methyl sites for hydroxylation is 2. The molecule has 2 aromatic heterocycles. The zero-order valence-corrected chi connectivity index (χ0v) is 19.3. The average molecular weight is 452 g/mol. The lowest BCUT2D eigenvalue weighted by Gasteiger charge is -2.32. The Morgan fingerprint density at radius 3 is 2.33 bits per heavy atom. The van der Waals surface area contributed by atoms with E-state index in [1.54, 1.807) is 11.6 Å². The topological polar surface area (TPSA) is 91.4 Å². The highest BCUT2D eigenvalue weighted by molar-refractivity contribution is 5.81. The predicted molar refractivity (Wildman–Crippen MR) is 123 cm³/mol. The van der Waals surface area contributed by atoms with Crippen LogP contribution in [0.3, 0.4) is 0 Å². The van der Waals surface area contributed by atoms with Gasteiger partial charge in [-0.3, -0.25) is 23.3 Å². The number of imidazole rings is 1. The molecule has 1 saturated carbocycles. The molecule has 9 heteroatoms. The van der Waals surface area contributed by atoms with Crippen LogP contribution in [0.2, 0.25) is 0 Å². The largest absolute Gasteiger partial charge is 0.461 e. The molecule has 174 valence electrons. The van der Waals surface area contributed by atoms with Gasteiger partial charge < -0.3 is 9.64 Å². The van der Waals surface area contributed by atoms with Gasteiger partial charge in [-0.1, -0.05) is 29.8 Å². The predicted octanol–water partition coefficient (Wildman–Crippen LogP) is 1.57. The number of nitrogens with zero attached hydrogens (tertiary/aromatic N) is 5. The SMILES string of the molecule is Cc1ccc(Cn2c(OC3CCN(C(=O)C4CC4)CC3)nc3c2c(=O)n(C)c(=O)n3C)cc1. The summed E-state index contributed by atoms with van der Waals surface area (Å²) in [5, 5.41) is 0. The fourth-order valence-corrected chi connectivity index (χ4v) is 4.47. The molecule has 0 N–H and O–H groups in total. The number of hydrogen-bond donors (Lipinski definition) is 0. The average Bonchev–Trinajstić information content (AvgIpc) is 3.61. The molecule has 3 heterocycles. The number of carbonyl (C=O) groups is 1. The summed E-state index contributed by atoms with van der Waals surface area (Å²) in [6, 6.07) is 8.40. The van der Waals surface area contributed by atoms with Crippen molar-refractivity contribution in [3.63, 3.8) is 0 Å². The molecule has 2 fully saturated rings. The number of amides is 1. The van der Waals surface area contributed by atoms with E-state index in [9.17, 15) is 14.4 Å². The van der Waals surface area contributed by atoms with Gasteiger partial charge in [-0.15, -0.1) is 0 Å². The first kappa shape index (κ1) is 21.5. The minimum absolute atomic E-state index is 0.109. The molecule has 9 nitrogen and oxygen atoms in total. The summed E-state index contributed by atoms with van der Waals surface area (Å²) in [7, 11) is 3.08. The summed E-state index contributed by atoms with van der Waals surface area (Å²) in [4.78, 5) is 44.4. The molecular formula is C24H29N5O4. The Morgan fingerprint density at radius 1 is 1.03 bits per heavy atom. The molecule has 0 atom stereocenters. The Balaban J connectivity index is 1.48. The van der Waals surface area contributed by atoms with Crippen LogP contribution >= 0.6 is 0 Å². The fourth-order valence-electron chi connectivity index (χ4n) is 4.47. The highest BCUT2D eigenvalue weighted by Crippen LogP contribution is 2.32. The maximum atomic E-state index is 13.0. The summed E-state index contributed by atoms with van der Waals surface area (Å²) in [6.07, 6.45) is 3.33. The number of hydrogen-bond acceptors (Lipinski definition) is 5. The first-order chi connectivity index (χ1) is 15.8. The zero-order valence-electron chi connectivity index (χ0n) is 19.3. The summed E-state index contributed by atoms with van der Waals surface area (Å²) < 4.78 is 10.6. The van der Waals surface area contributed by atoms with Crippen LogP contribution in [0.15, 0.2) is 33.9 Å². The van der Waals surface area contributed by atoms with Crippen molar-refractivity contribution in [2.45, 2.75) is 45.3 Å². The maximum Gasteiger partial charge on any atom is 0.332 e. The van der Waals surface area contributed by atoms with Crippen LogP contribution in [0.4, 0.5) is 0 Å². The molecule has 0 radical (unpaired) electrons. The molecule has 1 amide bonds. The van der Waals surface area contributed by atoms with Crippen LogP contribution in [-0.4, -0.2) is 48.7 Å². The standard InChI is InChI=1S/C24H29N5O4/c1-15-4-6-16(7-5-15)14-29-19-20(26(2)24(32)27(3)22(19)31)25-23(29)33-18-10-12-28(13-11-18)21(30)17-8-9-17/h4-7,17-18H,8-14H2,1-3H3. The molecule has 3 aromatic rings. The van der Waals surface area contributed by atoms with E-state index < -0.39 is 11.2 Å². The molecule has 2 aliphatic rings. The van der Waals surface area contributed by atoms with Gasteiger partial charge in [0.1, 0.15) is 6.10 Å². The first-order valence-electron chi connectivity index (χ1n) is 11.5. The van der Waals surface area contributed by atoms with Crippen molar-refractivity contribution in [1.82, 2.24) is 23.6 Å². The van der Waals surface area contributed by atoms with Gasteiger partial charge in [0, 0.05) is 45.9 Å². The monoisotopic (exact) mass is 451 g/mol. The highest BCUT2D eigenvalue weighted by atomic mass is 16.5. The van der Waals surface area contributed by atoms with Crippen LogP contribution in [0.25, 0.3) is 11.2 Å². The van der Waals surface area contributed by atoms with Crippen molar-refractivity contribution in [1.29, 1.82) is 0 Å². The number of likely N-dealkylation sites (tertiary alicyclic amines) is 1. The Bertz CT molecular complexity index is 1320. The van der Waals surface area contributed by atoms with E-state index in [2.05, 4.69) is 4.98 Å². The van der Waals surface area contributed by atoms with Crippen LogP contribution in [0, 0.1) is 12.8 Å². The van der Waals surface area contributed by atoms with Gasteiger partial charge in [-0.05, 0) is 25.3 Å². The van der Waals surface area contributed by atoms with Gasteiger partial charge in [-0.25, -0.2) is 4.79 Å². The van der Waals surface area contributed by atoms with Crippen molar-refractivity contribution < 1.29 is 9.53 Å². The van der Waals surface area contributed by atoms with Gasteiger partial charge in [0.05, 0.1) is 6.54 Å². The molecule has 1 aromatic carbocycles. The van der Waals surface area contributed by atoms with E-state index in [1.807, 2.05) is 36.1 Å². The van der Waals surface area contributed by atoms with E-state index in [4.69, 9.17) is 4.74 Å². The number of benzene rings is 1. The third-order valence-corrected chi connectivity index (χ3v) is 6.73. The Morgan fingerprint density at radius 2 is 1.70 bits per heavy atom. The molecule has 1 aliphatic carbocycles. The first-order valence-corrected chi connectivity index (χ1v) is 11.5. The number of carbonyl (C=O) groups excluding carboxylic acids is 1. The van der Waals surface area contributed by atoms with Crippen LogP contribution in [-0.2, 0) is 25.4 Å². The lowest BCUT2D eigenvalue weighted by molar-refractivity contribution is -0.134. The van der Waals surface area contributed by atoms with Crippen molar-refractivity contribution in [3.05, 3.63) is 56.2 Å². The van der Waals surface area contributed by atoms with Gasteiger partial charge in [0.15, 0.2) is 11.2 Å². The molecule has 5 rings (SSSR count). The van der Waals surface area contributed by atoms with E-state index in [0.717, 1.165) is 28.5 Å². The third-order valence-electron chi connectivity index (χ3n) is 6.73. The third kappa shape index (κ3) is 3.96. The quantitative estimate of drug-likeness (QED) is 0.587. The number of aromatic nitrogens is 4. The van der Waals surface area contributed by atoms with Crippen molar-refractivity contribution in [2.75, 3.05) is 13.1 Å². The van der Waals surface area contributed by atoms with Crippen molar-refractivity contribution in [3.8, 4) is 6.01 Å². The smallest absolute Gasteiger partial charge is 0.332 e. The summed E-state index contributed by atoms with van der Waals surface area (Å²) >= 11 is 0. The Hall–Kier alpha value is -3.36. The molecule has 1 aliphatic heterocycles. The van der Waals surface area contributed by atoms with Gasteiger partial charge in [0.25, 0.3) is 11.6 Å². The van der Waals surface area contributed by atoms with E-state index in [0.29, 0.717) is 49.7 Å². The summed E-state index contributed by atoms with van der Waals surface area (Å²) in [6.45, 7) is 3.76. The Kier molecular flexibility index (Phi) is 5.34. The zero-order chi connectivity index (χ0) is 23.3. The van der Waals surface area contributed by atoms with E-state index in [1.165, 1.54) is 11.6 Å². The maximum absolute atomic E-state index is 13.0.